The highest BCUT2D eigenvalue weighted by Crippen LogP contribution is 2.21. The van der Waals surface area contributed by atoms with E-state index in [-0.39, 0.29) is 12.0 Å². The van der Waals surface area contributed by atoms with Crippen LogP contribution in [0.15, 0.2) is 4.99 Å². The quantitative estimate of drug-likeness (QED) is 0.629. The van der Waals surface area contributed by atoms with Gasteiger partial charge in [-0.3, -0.25) is 4.90 Å². The van der Waals surface area contributed by atoms with Crippen LogP contribution in [0.5, 0.6) is 0 Å². The third-order valence-electron chi connectivity index (χ3n) is 3.75. The maximum atomic E-state index is 12.1. The molecule has 3 amide bonds. The van der Waals surface area contributed by atoms with E-state index in [4.69, 9.17) is 4.74 Å². The van der Waals surface area contributed by atoms with Gasteiger partial charge in [0, 0.05) is 33.8 Å². The molecule has 1 N–H and O–H groups in total. The van der Waals surface area contributed by atoms with Crippen molar-refractivity contribution in [2.75, 3.05) is 34.9 Å². The minimum atomic E-state index is -0.581. The van der Waals surface area contributed by atoms with E-state index >= 15 is 0 Å². The summed E-state index contributed by atoms with van der Waals surface area (Å²) in [7, 11) is 6.20. The molecule has 0 heterocycles. The van der Waals surface area contributed by atoms with Gasteiger partial charge in [-0.1, -0.05) is 0 Å². The number of carbonyl (C=O) groups excluding carboxylic acids is 2. The Morgan fingerprint density at radius 2 is 1.78 bits per heavy atom. The summed E-state index contributed by atoms with van der Waals surface area (Å²) in [5.41, 5.74) is 0. The molecule has 0 aromatic rings. The largest absolute Gasteiger partial charge is 0.452 e. The number of rotatable bonds is 3. The Kier molecular flexibility index (Phi) is 7.80. The zero-order valence-electron chi connectivity index (χ0n) is 14.7. The number of hydrogen-bond donors (Lipinski definition) is 1. The van der Waals surface area contributed by atoms with E-state index in [2.05, 4.69) is 15.0 Å². The van der Waals surface area contributed by atoms with Crippen molar-refractivity contribution in [2.24, 2.45) is 4.99 Å². The summed E-state index contributed by atoms with van der Waals surface area (Å²) >= 11 is 0. The highest BCUT2D eigenvalue weighted by Gasteiger charge is 2.24. The minimum absolute atomic E-state index is 0.0924. The molecule has 0 atom stereocenters. The maximum Gasteiger partial charge on any atom is 0.416 e. The van der Waals surface area contributed by atoms with E-state index in [1.54, 1.807) is 19.0 Å². The third kappa shape index (κ3) is 6.05. The standard InChI is InChI=1S/C15H28N4O4/c1-6-23-12-9-7-11(8-10-12)16-13(20)17-14(18(2)3)19(4)15(21)22-5/h11-12H,6-10H2,1-5H3,(H,16,20)/b17-14+. The first-order valence-corrected chi connectivity index (χ1v) is 7.88. The van der Waals surface area contributed by atoms with Gasteiger partial charge in [0.2, 0.25) is 5.96 Å². The van der Waals surface area contributed by atoms with Crippen molar-refractivity contribution in [3.8, 4) is 0 Å². The second kappa shape index (κ2) is 9.34. The molecule has 1 rings (SSSR count). The van der Waals surface area contributed by atoms with Crippen molar-refractivity contribution < 1.29 is 19.1 Å². The molecular weight excluding hydrogens is 300 g/mol. The van der Waals surface area contributed by atoms with Gasteiger partial charge in [0.05, 0.1) is 13.2 Å². The smallest absolute Gasteiger partial charge is 0.416 e. The highest BCUT2D eigenvalue weighted by molar-refractivity contribution is 5.99. The van der Waals surface area contributed by atoms with Crippen LogP contribution in [0.4, 0.5) is 9.59 Å². The fourth-order valence-corrected chi connectivity index (χ4v) is 2.60. The highest BCUT2D eigenvalue weighted by atomic mass is 16.5. The fraction of sp³-hybridized carbons (Fsp3) is 0.800. The predicted molar refractivity (Wildman–Crippen MR) is 87.5 cm³/mol. The number of urea groups is 1. The summed E-state index contributed by atoms with van der Waals surface area (Å²) in [6.45, 7) is 2.71. The molecule has 0 radical (unpaired) electrons. The molecule has 0 bridgehead atoms. The van der Waals surface area contributed by atoms with Crippen molar-refractivity contribution in [1.82, 2.24) is 15.1 Å². The number of guanidine groups is 1. The maximum absolute atomic E-state index is 12.1. The second-order valence-electron chi connectivity index (χ2n) is 5.71. The average molecular weight is 328 g/mol. The van der Waals surface area contributed by atoms with E-state index in [0.717, 1.165) is 32.3 Å². The number of nitrogens with zero attached hydrogens (tertiary/aromatic N) is 3. The number of aliphatic imine (C=N–C) groups is 1. The molecule has 23 heavy (non-hydrogen) atoms. The normalized spacial score (nSPS) is 21.5. The van der Waals surface area contributed by atoms with Gasteiger partial charge in [0.15, 0.2) is 0 Å². The lowest BCUT2D eigenvalue weighted by molar-refractivity contribution is 0.0313. The van der Waals surface area contributed by atoms with Crippen LogP contribution in [0.2, 0.25) is 0 Å². The molecule has 0 unspecified atom stereocenters. The van der Waals surface area contributed by atoms with Gasteiger partial charge in [0.25, 0.3) is 0 Å². The molecule has 132 valence electrons. The van der Waals surface area contributed by atoms with Gasteiger partial charge in [-0.05, 0) is 32.6 Å². The summed E-state index contributed by atoms with van der Waals surface area (Å²) in [5, 5.41) is 2.89. The van der Waals surface area contributed by atoms with E-state index in [1.807, 2.05) is 6.92 Å². The first kappa shape index (κ1) is 19.2. The van der Waals surface area contributed by atoms with Crippen molar-refractivity contribution in [3.05, 3.63) is 0 Å². The first-order chi connectivity index (χ1) is 10.9. The van der Waals surface area contributed by atoms with Gasteiger partial charge < -0.3 is 19.7 Å². The molecule has 8 nitrogen and oxygen atoms in total. The average Bonchev–Trinajstić information content (AvgIpc) is 2.53. The van der Waals surface area contributed by atoms with Gasteiger partial charge >= 0.3 is 12.1 Å². The lowest BCUT2D eigenvalue weighted by Gasteiger charge is -2.28. The van der Waals surface area contributed by atoms with Crippen molar-refractivity contribution in [3.63, 3.8) is 0 Å². The van der Waals surface area contributed by atoms with Crippen LogP contribution in [0.3, 0.4) is 0 Å². The molecule has 0 aromatic heterocycles. The Bertz CT molecular complexity index is 431. The molecule has 0 aromatic carbocycles. The van der Waals surface area contributed by atoms with Gasteiger partial charge in [-0.2, -0.15) is 4.99 Å². The fourth-order valence-electron chi connectivity index (χ4n) is 2.60. The van der Waals surface area contributed by atoms with Crippen LogP contribution in [-0.4, -0.2) is 74.9 Å². The van der Waals surface area contributed by atoms with Crippen LogP contribution >= 0.6 is 0 Å². The Balaban J connectivity index is 2.60. The zero-order chi connectivity index (χ0) is 17.4. The Hall–Kier alpha value is -1.83. The molecule has 1 fully saturated rings. The van der Waals surface area contributed by atoms with Crippen molar-refractivity contribution >= 4 is 18.1 Å². The lowest BCUT2D eigenvalue weighted by Crippen LogP contribution is -2.44. The summed E-state index contributed by atoms with van der Waals surface area (Å²) in [6.07, 6.45) is 3.32. The van der Waals surface area contributed by atoms with Crippen LogP contribution in [0, 0.1) is 0 Å². The van der Waals surface area contributed by atoms with Gasteiger partial charge in [-0.15, -0.1) is 0 Å². The molecule has 0 saturated heterocycles. The van der Waals surface area contributed by atoms with E-state index in [9.17, 15) is 9.59 Å². The summed E-state index contributed by atoms with van der Waals surface area (Å²) in [5.74, 6) is 0.220. The number of nitrogens with one attached hydrogen (secondary N) is 1. The van der Waals surface area contributed by atoms with Crippen molar-refractivity contribution in [2.45, 2.75) is 44.8 Å². The Morgan fingerprint density at radius 1 is 1.17 bits per heavy atom. The number of methoxy groups -OCH3 is 1. The Morgan fingerprint density at radius 3 is 2.26 bits per heavy atom. The monoisotopic (exact) mass is 328 g/mol. The summed E-state index contributed by atoms with van der Waals surface area (Å²) < 4.78 is 10.2. The summed E-state index contributed by atoms with van der Waals surface area (Å²) in [6, 6.07) is -0.362. The number of carbonyl (C=O) groups is 2. The number of amides is 3. The molecule has 1 saturated carbocycles. The van der Waals surface area contributed by atoms with Crippen LogP contribution < -0.4 is 5.32 Å². The van der Waals surface area contributed by atoms with Crippen LogP contribution in [-0.2, 0) is 9.47 Å². The number of hydrogen-bond acceptors (Lipinski definition) is 4. The molecule has 1 aliphatic rings. The van der Waals surface area contributed by atoms with Crippen LogP contribution in [0.1, 0.15) is 32.6 Å². The van der Waals surface area contributed by atoms with Crippen molar-refractivity contribution in [1.29, 1.82) is 0 Å². The topological polar surface area (TPSA) is 83.5 Å². The first-order valence-electron chi connectivity index (χ1n) is 7.88. The predicted octanol–water partition coefficient (Wildman–Crippen LogP) is 1.66. The third-order valence-corrected chi connectivity index (χ3v) is 3.75. The molecule has 8 heteroatoms. The summed E-state index contributed by atoms with van der Waals surface area (Å²) in [4.78, 5) is 30.4. The second-order valence-corrected chi connectivity index (χ2v) is 5.71. The lowest BCUT2D eigenvalue weighted by atomic mass is 9.93. The zero-order valence-corrected chi connectivity index (χ0v) is 14.7. The molecule has 0 spiro atoms. The molecule has 0 aliphatic heterocycles. The molecule has 1 aliphatic carbocycles. The van der Waals surface area contributed by atoms with E-state index in [0.29, 0.717) is 6.10 Å². The van der Waals surface area contributed by atoms with E-state index < -0.39 is 12.1 Å². The molecular formula is C15H28N4O4. The van der Waals surface area contributed by atoms with Gasteiger partial charge in [-0.25, -0.2) is 9.59 Å². The number of ether oxygens (including phenoxy) is 2. The minimum Gasteiger partial charge on any atom is -0.452 e. The van der Waals surface area contributed by atoms with Crippen LogP contribution in [0.25, 0.3) is 0 Å². The Labute approximate surface area is 137 Å². The van der Waals surface area contributed by atoms with E-state index in [1.165, 1.54) is 19.1 Å². The SMILES string of the molecule is CCOC1CCC(NC(=O)/N=C(\N(C)C)N(C)C(=O)OC)CC1. The van der Waals surface area contributed by atoms with Gasteiger partial charge in [0.1, 0.15) is 0 Å².